The molecule has 0 fully saturated rings. The van der Waals surface area contributed by atoms with Crippen LogP contribution in [0.2, 0.25) is 0 Å². The minimum atomic E-state index is 0.647. The fourth-order valence-electron chi connectivity index (χ4n) is 2.86. The lowest BCUT2D eigenvalue weighted by molar-refractivity contribution is 0.389. The first kappa shape index (κ1) is 11.9. The van der Waals surface area contributed by atoms with Crippen LogP contribution < -0.4 is 16.1 Å². The summed E-state index contributed by atoms with van der Waals surface area (Å²) in [7, 11) is 0. The summed E-state index contributed by atoms with van der Waals surface area (Å²) in [5.74, 6) is 0. The molecule has 1 aliphatic rings. The highest BCUT2D eigenvalue weighted by Gasteiger charge is 2.20. The Balaban J connectivity index is 2.13. The molecular formula is C17H13N3O. The maximum absolute atomic E-state index is 9.56. The summed E-state index contributed by atoms with van der Waals surface area (Å²) in [6.45, 7) is 4.04. The molecule has 0 aliphatic carbocycles. The maximum atomic E-state index is 9.56. The standard InChI is InChI=1S/C17H13N3O/c1-10-15(11-6-2-4-8-13(11)18-10)17-16(20-21)12-7-3-5-9-14(12)19-17/h2-9,19-21H,1H2. The zero-order valence-corrected chi connectivity index (χ0v) is 11.2. The Morgan fingerprint density at radius 3 is 2.67 bits per heavy atom. The predicted molar refractivity (Wildman–Crippen MR) is 82.6 cm³/mol. The van der Waals surface area contributed by atoms with Gasteiger partial charge < -0.3 is 4.98 Å². The van der Waals surface area contributed by atoms with Gasteiger partial charge in [-0.15, -0.1) is 0 Å². The van der Waals surface area contributed by atoms with E-state index in [-0.39, 0.29) is 0 Å². The Morgan fingerprint density at radius 2 is 1.81 bits per heavy atom. The lowest BCUT2D eigenvalue weighted by atomic mass is 10.1. The van der Waals surface area contributed by atoms with Crippen LogP contribution in [0.4, 0.5) is 5.69 Å². The molecule has 2 heterocycles. The Labute approximate surface area is 120 Å². The average Bonchev–Trinajstić information content (AvgIpc) is 3.02. The molecule has 1 aromatic heterocycles. The van der Waals surface area contributed by atoms with E-state index in [2.05, 4.69) is 22.0 Å². The van der Waals surface area contributed by atoms with Crippen LogP contribution in [0.5, 0.6) is 0 Å². The zero-order valence-electron chi connectivity index (χ0n) is 11.2. The van der Waals surface area contributed by atoms with Crippen LogP contribution in [-0.2, 0) is 0 Å². The SMILES string of the molecule is C=C1N=c2ccccc2=C1c1[nH]c2ccccc2c1NO. The van der Waals surface area contributed by atoms with Gasteiger partial charge in [-0.3, -0.25) is 10.7 Å². The van der Waals surface area contributed by atoms with Crippen molar-refractivity contribution in [2.45, 2.75) is 0 Å². The number of nitrogens with one attached hydrogen (secondary N) is 2. The lowest BCUT2D eigenvalue weighted by Gasteiger charge is -2.05. The van der Waals surface area contributed by atoms with Crippen LogP contribution in [0, 0.1) is 0 Å². The van der Waals surface area contributed by atoms with Crippen LogP contribution in [0.15, 0.2) is 65.8 Å². The molecule has 102 valence electrons. The van der Waals surface area contributed by atoms with Gasteiger partial charge in [-0.05, 0) is 12.1 Å². The van der Waals surface area contributed by atoms with Crippen molar-refractivity contribution in [3.05, 3.63) is 77.1 Å². The molecule has 0 saturated heterocycles. The normalized spacial score (nSPS) is 13.4. The molecule has 0 spiro atoms. The molecule has 0 amide bonds. The summed E-state index contributed by atoms with van der Waals surface area (Å²) in [5, 5.41) is 12.4. The van der Waals surface area contributed by atoms with Crippen molar-refractivity contribution < 1.29 is 5.21 Å². The van der Waals surface area contributed by atoms with Gasteiger partial charge in [-0.1, -0.05) is 43.0 Å². The summed E-state index contributed by atoms with van der Waals surface area (Å²) in [4.78, 5) is 7.84. The number of benzene rings is 2. The van der Waals surface area contributed by atoms with E-state index >= 15 is 0 Å². The molecule has 0 saturated carbocycles. The van der Waals surface area contributed by atoms with E-state index in [1.807, 2.05) is 48.5 Å². The van der Waals surface area contributed by atoms with E-state index in [9.17, 15) is 5.21 Å². The molecule has 1 aliphatic heterocycles. The largest absolute Gasteiger partial charge is 0.353 e. The molecule has 21 heavy (non-hydrogen) atoms. The second kappa shape index (κ2) is 4.33. The Morgan fingerprint density at radius 1 is 1.05 bits per heavy atom. The lowest BCUT2D eigenvalue weighted by Crippen LogP contribution is -2.22. The molecule has 3 N–H and O–H groups in total. The molecular weight excluding hydrogens is 262 g/mol. The Kier molecular flexibility index (Phi) is 2.46. The average molecular weight is 275 g/mol. The first-order chi connectivity index (χ1) is 10.3. The number of fused-ring (bicyclic) bond motifs is 2. The number of hydrogen-bond donors (Lipinski definition) is 3. The number of nitrogens with zero attached hydrogens (tertiary/aromatic N) is 1. The minimum Gasteiger partial charge on any atom is -0.353 e. The van der Waals surface area contributed by atoms with E-state index in [0.717, 1.165) is 32.7 Å². The molecule has 0 unspecified atom stereocenters. The van der Waals surface area contributed by atoms with Gasteiger partial charge in [-0.25, -0.2) is 4.99 Å². The molecule has 0 bridgehead atoms. The minimum absolute atomic E-state index is 0.647. The number of rotatable bonds is 2. The van der Waals surface area contributed by atoms with Crippen LogP contribution in [0.25, 0.3) is 16.5 Å². The zero-order chi connectivity index (χ0) is 14.4. The van der Waals surface area contributed by atoms with Crippen molar-refractivity contribution >= 4 is 22.2 Å². The van der Waals surface area contributed by atoms with Crippen molar-refractivity contribution in [2.75, 3.05) is 5.48 Å². The summed E-state index contributed by atoms with van der Waals surface area (Å²) in [6, 6.07) is 15.7. The fraction of sp³-hybridized carbons (Fsp3) is 0. The van der Waals surface area contributed by atoms with Crippen LogP contribution in [-0.4, -0.2) is 10.2 Å². The molecule has 4 heteroatoms. The second-order valence-electron chi connectivity index (χ2n) is 4.98. The van der Waals surface area contributed by atoms with Crippen molar-refractivity contribution in [2.24, 2.45) is 4.99 Å². The first-order valence-corrected chi connectivity index (χ1v) is 6.68. The third-order valence-electron chi connectivity index (χ3n) is 3.79. The van der Waals surface area contributed by atoms with Crippen LogP contribution in [0.3, 0.4) is 0 Å². The number of allylic oxidation sites excluding steroid dienone is 1. The predicted octanol–water partition coefficient (Wildman–Crippen LogP) is 2.31. The molecule has 3 aromatic rings. The van der Waals surface area contributed by atoms with Gasteiger partial charge in [-0.2, -0.15) is 0 Å². The van der Waals surface area contributed by atoms with Crippen molar-refractivity contribution in [3.8, 4) is 0 Å². The van der Waals surface area contributed by atoms with Crippen LogP contribution >= 0.6 is 0 Å². The quantitative estimate of drug-likeness (QED) is 0.629. The number of anilines is 1. The van der Waals surface area contributed by atoms with Crippen molar-refractivity contribution in [3.63, 3.8) is 0 Å². The highest BCUT2D eigenvalue weighted by Crippen LogP contribution is 2.33. The van der Waals surface area contributed by atoms with Gasteiger partial charge in [0.05, 0.1) is 22.4 Å². The van der Waals surface area contributed by atoms with Gasteiger partial charge in [0.25, 0.3) is 0 Å². The first-order valence-electron chi connectivity index (χ1n) is 6.68. The summed E-state index contributed by atoms with van der Waals surface area (Å²) in [5.41, 5.74) is 6.32. The Bertz CT molecular complexity index is 998. The molecule has 4 rings (SSSR count). The molecule has 0 radical (unpaired) electrons. The van der Waals surface area contributed by atoms with Gasteiger partial charge in [0.1, 0.15) is 0 Å². The summed E-state index contributed by atoms with van der Waals surface area (Å²) >= 11 is 0. The third kappa shape index (κ3) is 1.63. The third-order valence-corrected chi connectivity index (χ3v) is 3.79. The van der Waals surface area contributed by atoms with E-state index < -0.39 is 0 Å². The highest BCUT2D eigenvalue weighted by molar-refractivity contribution is 6.00. The second-order valence-corrected chi connectivity index (χ2v) is 4.98. The van der Waals surface area contributed by atoms with E-state index in [1.54, 1.807) is 0 Å². The maximum Gasteiger partial charge on any atom is 0.0937 e. The van der Waals surface area contributed by atoms with Gasteiger partial charge in [0, 0.05) is 21.7 Å². The van der Waals surface area contributed by atoms with Gasteiger partial charge in [0.15, 0.2) is 0 Å². The van der Waals surface area contributed by atoms with Crippen molar-refractivity contribution in [1.29, 1.82) is 0 Å². The Hall–Kier alpha value is -2.85. The summed E-state index contributed by atoms with van der Waals surface area (Å²) in [6.07, 6.45) is 0. The number of hydrogen-bond acceptors (Lipinski definition) is 3. The van der Waals surface area contributed by atoms with E-state index in [1.165, 1.54) is 0 Å². The topological polar surface area (TPSA) is 60.4 Å². The molecule has 2 aromatic carbocycles. The van der Waals surface area contributed by atoms with E-state index in [4.69, 9.17) is 0 Å². The highest BCUT2D eigenvalue weighted by atomic mass is 16.5. The number of para-hydroxylation sites is 2. The summed E-state index contributed by atoms with van der Waals surface area (Å²) < 4.78 is 0. The number of aromatic amines is 1. The monoisotopic (exact) mass is 275 g/mol. The van der Waals surface area contributed by atoms with E-state index in [0.29, 0.717) is 11.4 Å². The van der Waals surface area contributed by atoms with Crippen LogP contribution in [0.1, 0.15) is 5.69 Å². The molecule has 0 atom stereocenters. The fourth-order valence-corrected chi connectivity index (χ4v) is 2.86. The van der Waals surface area contributed by atoms with Crippen molar-refractivity contribution in [1.82, 2.24) is 4.98 Å². The smallest absolute Gasteiger partial charge is 0.0937 e. The molecule has 4 nitrogen and oxygen atoms in total. The van der Waals surface area contributed by atoms with Gasteiger partial charge >= 0.3 is 0 Å². The van der Waals surface area contributed by atoms with Gasteiger partial charge in [0.2, 0.25) is 0 Å². The number of aromatic nitrogens is 1. The number of H-pyrrole nitrogens is 1.